The van der Waals surface area contributed by atoms with Crippen LogP contribution in [0.3, 0.4) is 0 Å². The van der Waals surface area contributed by atoms with Crippen LogP contribution in [-0.4, -0.2) is 59.7 Å². The molecule has 4 rings (SSSR count). The second-order valence-electron chi connectivity index (χ2n) is 9.12. The Kier molecular flexibility index (Phi) is 7.67. The predicted molar refractivity (Wildman–Crippen MR) is 128 cm³/mol. The van der Waals surface area contributed by atoms with Gasteiger partial charge < -0.3 is 24.3 Å². The third-order valence-corrected chi connectivity index (χ3v) is 6.77. The zero-order valence-electron chi connectivity index (χ0n) is 19.9. The van der Waals surface area contributed by atoms with Crippen LogP contribution in [0.4, 0.5) is 10.5 Å². The van der Waals surface area contributed by atoms with Gasteiger partial charge in [0.05, 0.1) is 12.0 Å². The molecule has 2 aliphatic rings. The lowest BCUT2D eigenvalue weighted by molar-refractivity contribution is -0.148. The predicted octanol–water partition coefficient (Wildman–Crippen LogP) is 3.95. The van der Waals surface area contributed by atoms with Crippen LogP contribution in [-0.2, 0) is 20.8 Å². The van der Waals surface area contributed by atoms with Gasteiger partial charge in [-0.15, -0.1) is 0 Å². The van der Waals surface area contributed by atoms with Crippen molar-refractivity contribution < 1.29 is 23.9 Å². The van der Waals surface area contributed by atoms with Crippen molar-refractivity contribution in [3.8, 4) is 0 Å². The third-order valence-electron chi connectivity index (χ3n) is 6.77. The van der Waals surface area contributed by atoms with Crippen molar-refractivity contribution in [1.29, 1.82) is 0 Å². The number of amides is 2. The molecule has 1 unspecified atom stereocenters. The van der Waals surface area contributed by atoms with E-state index in [2.05, 4.69) is 9.88 Å². The molecule has 1 aromatic heterocycles. The molecule has 1 aromatic carbocycles. The van der Waals surface area contributed by atoms with Crippen molar-refractivity contribution in [2.24, 2.45) is 5.92 Å². The number of anilines is 1. The van der Waals surface area contributed by atoms with E-state index in [4.69, 9.17) is 9.47 Å². The molecule has 0 radical (unpaired) electrons. The van der Waals surface area contributed by atoms with Crippen LogP contribution in [0.25, 0.3) is 0 Å². The molecule has 182 valence electrons. The zero-order chi connectivity index (χ0) is 24.1. The lowest BCUT2D eigenvalue weighted by Crippen LogP contribution is -2.42. The number of Topliss-reactive ketones (excluding diaryl/α,β-unsaturated/α-hetero) is 1. The minimum atomic E-state index is -0.371. The van der Waals surface area contributed by atoms with Gasteiger partial charge in [-0.1, -0.05) is 18.2 Å². The molecule has 0 saturated carbocycles. The van der Waals surface area contributed by atoms with Gasteiger partial charge in [-0.2, -0.15) is 0 Å². The molecule has 2 amide bonds. The number of aryl methyl sites for hydroxylation is 1. The van der Waals surface area contributed by atoms with Gasteiger partial charge in [0.2, 0.25) is 5.78 Å². The Morgan fingerprint density at radius 2 is 1.82 bits per heavy atom. The highest BCUT2D eigenvalue weighted by Crippen LogP contribution is 2.22. The molecular weight excluding hydrogens is 434 g/mol. The number of carbonyl (C=O) groups is 3. The number of rotatable bonds is 7. The Bertz CT molecular complexity index is 1020. The van der Waals surface area contributed by atoms with E-state index in [9.17, 15) is 14.4 Å². The number of ether oxygens (including phenoxy) is 2. The number of nitrogens with one attached hydrogen (secondary N) is 1. The Morgan fingerprint density at radius 1 is 1.09 bits per heavy atom. The Hall–Kier alpha value is -3.13. The number of esters is 1. The smallest absolute Gasteiger partial charge is 0.321 e. The first kappa shape index (κ1) is 24.0. The molecule has 8 nitrogen and oxygen atoms in total. The summed E-state index contributed by atoms with van der Waals surface area (Å²) in [5.41, 5.74) is 3.22. The lowest BCUT2D eigenvalue weighted by Gasteiger charge is -2.30. The fourth-order valence-corrected chi connectivity index (χ4v) is 4.73. The van der Waals surface area contributed by atoms with Gasteiger partial charge >= 0.3 is 12.0 Å². The molecule has 1 atom stereocenters. The molecular formula is C26H33N3O5. The molecule has 2 saturated heterocycles. The van der Waals surface area contributed by atoms with Crippen LogP contribution >= 0.6 is 0 Å². The van der Waals surface area contributed by atoms with Crippen molar-refractivity contribution in [3.63, 3.8) is 0 Å². The number of nitrogens with zero attached hydrogens (tertiary/aromatic N) is 2. The molecule has 8 heteroatoms. The first-order valence-corrected chi connectivity index (χ1v) is 12.0. The van der Waals surface area contributed by atoms with Crippen molar-refractivity contribution in [2.75, 3.05) is 31.6 Å². The molecule has 0 spiro atoms. The molecule has 1 N–H and O–H groups in total. The maximum atomic E-state index is 12.8. The van der Waals surface area contributed by atoms with Crippen LogP contribution < -0.4 is 5.32 Å². The second kappa shape index (κ2) is 10.9. The van der Waals surface area contributed by atoms with Gasteiger partial charge in [0.25, 0.3) is 0 Å². The molecule has 2 aliphatic heterocycles. The monoisotopic (exact) mass is 467 g/mol. The van der Waals surface area contributed by atoms with E-state index < -0.39 is 0 Å². The topological polar surface area (TPSA) is 89.9 Å². The number of piperidine rings is 1. The van der Waals surface area contributed by atoms with Gasteiger partial charge in [-0.3, -0.25) is 9.59 Å². The number of para-hydroxylation sites is 1. The summed E-state index contributed by atoms with van der Waals surface area (Å²) in [5, 5.41) is 2.86. The number of ketones is 1. The number of benzene rings is 1. The lowest BCUT2D eigenvalue weighted by atomic mass is 9.97. The van der Waals surface area contributed by atoms with Crippen molar-refractivity contribution in [3.05, 3.63) is 53.3 Å². The van der Waals surface area contributed by atoms with Crippen molar-refractivity contribution in [2.45, 2.75) is 52.2 Å². The Balaban J connectivity index is 1.24. The van der Waals surface area contributed by atoms with Crippen LogP contribution in [0.15, 0.2) is 36.4 Å². The average molecular weight is 468 g/mol. The SMILES string of the molecule is Cc1cc(C(=O)COC(=O)C2CCN(C(=O)Nc3ccccc3)CC2)c(C)n1CC1CCCO1. The van der Waals surface area contributed by atoms with Crippen LogP contribution in [0.5, 0.6) is 0 Å². The zero-order valence-corrected chi connectivity index (χ0v) is 19.9. The van der Waals surface area contributed by atoms with Gasteiger partial charge in [-0.25, -0.2) is 4.79 Å². The largest absolute Gasteiger partial charge is 0.457 e. The molecule has 2 aromatic rings. The minimum Gasteiger partial charge on any atom is -0.457 e. The Labute approximate surface area is 200 Å². The van der Waals surface area contributed by atoms with Crippen LogP contribution in [0, 0.1) is 19.8 Å². The van der Waals surface area contributed by atoms with Crippen molar-refractivity contribution >= 4 is 23.5 Å². The van der Waals surface area contributed by atoms with Gasteiger partial charge in [0, 0.05) is 48.9 Å². The van der Waals surface area contributed by atoms with E-state index in [1.54, 1.807) is 4.90 Å². The van der Waals surface area contributed by atoms with Gasteiger partial charge in [0.15, 0.2) is 6.61 Å². The van der Waals surface area contributed by atoms with Gasteiger partial charge in [-0.05, 0) is 57.7 Å². The minimum absolute atomic E-state index is 0.174. The maximum absolute atomic E-state index is 12.8. The number of carbonyl (C=O) groups excluding carboxylic acids is 3. The standard InChI is InChI=1S/C26H33N3O5/c1-18-15-23(19(2)29(18)16-22-9-6-14-33-22)24(30)17-34-25(31)20-10-12-28(13-11-20)26(32)27-21-7-4-3-5-8-21/h3-5,7-8,15,20,22H,6,9-14,16-17H2,1-2H3,(H,27,32). The molecule has 34 heavy (non-hydrogen) atoms. The summed E-state index contributed by atoms with van der Waals surface area (Å²) in [6.45, 7) is 6.11. The van der Waals surface area contributed by atoms with Gasteiger partial charge in [0.1, 0.15) is 0 Å². The maximum Gasteiger partial charge on any atom is 0.321 e. The number of hydrogen-bond donors (Lipinski definition) is 1. The number of hydrogen-bond acceptors (Lipinski definition) is 5. The molecule has 0 aliphatic carbocycles. The number of aromatic nitrogens is 1. The third kappa shape index (κ3) is 5.67. The highest BCUT2D eigenvalue weighted by molar-refractivity contribution is 5.99. The average Bonchev–Trinajstić information content (AvgIpc) is 3.47. The second-order valence-corrected chi connectivity index (χ2v) is 9.12. The van der Waals surface area contributed by atoms with E-state index in [1.807, 2.05) is 50.2 Å². The fraction of sp³-hybridized carbons (Fsp3) is 0.500. The highest BCUT2D eigenvalue weighted by Gasteiger charge is 2.29. The van der Waals surface area contributed by atoms with E-state index in [-0.39, 0.29) is 36.4 Å². The molecule has 3 heterocycles. The summed E-state index contributed by atoms with van der Waals surface area (Å²) < 4.78 is 13.2. The summed E-state index contributed by atoms with van der Waals surface area (Å²) in [6.07, 6.45) is 3.33. The summed E-state index contributed by atoms with van der Waals surface area (Å²) in [7, 11) is 0. The summed E-state index contributed by atoms with van der Waals surface area (Å²) >= 11 is 0. The quantitative estimate of drug-likeness (QED) is 0.492. The first-order valence-electron chi connectivity index (χ1n) is 12.0. The highest BCUT2D eigenvalue weighted by atomic mass is 16.5. The van der Waals surface area contributed by atoms with Crippen LogP contribution in [0.1, 0.15) is 47.4 Å². The van der Waals surface area contributed by atoms with E-state index >= 15 is 0 Å². The van der Waals surface area contributed by atoms with Crippen LogP contribution in [0.2, 0.25) is 0 Å². The van der Waals surface area contributed by atoms with E-state index in [1.165, 1.54) is 0 Å². The normalized spacial score (nSPS) is 18.6. The fourth-order valence-electron chi connectivity index (χ4n) is 4.73. The molecule has 0 bridgehead atoms. The Morgan fingerprint density at radius 3 is 2.50 bits per heavy atom. The van der Waals surface area contributed by atoms with E-state index in [0.717, 1.165) is 43.1 Å². The number of likely N-dealkylation sites (tertiary alicyclic amines) is 1. The summed E-state index contributed by atoms with van der Waals surface area (Å²) in [5.74, 6) is -0.870. The van der Waals surface area contributed by atoms with Crippen molar-refractivity contribution in [1.82, 2.24) is 9.47 Å². The summed E-state index contributed by atoms with van der Waals surface area (Å²) in [4.78, 5) is 39.5. The summed E-state index contributed by atoms with van der Waals surface area (Å²) in [6, 6.07) is 11.0. The first-order chi connectivity index (χ1) is 16.4. The van der Waals surface area contributed by atoms with E-state index in [0.29, 0.717) is 31.5 Å². The number of urea groups is 1. The molecule has 2 fully saturated rings.